The summed E-state index contributed by atoms with van der Waals surface area (Å²) in [5.74, 6) is 0. The third-order valence-corrected chi connectivity index (χ3v) is 1.70. The van der Waals surface area contributed by atoms with Crippen LogP contribution in [0, 0.1) is 0 Å². The minimum absolute atomic E-state index is 0.301. The molecule has 0 saturated heterocycles. The number of carbonyl (C=O) groups excluding carboxylic acids is 1. The highest BCUT2D eigenvalue weighted by Crippen LogP contribution is 1.91. The lowest BCUT2D eigenvalue weighted by molar-refractivity contribution is 0.111. The lowest BCUT2D eigenvalue weighted by Gasteiger charge is -1.89. The highest BCUT2D eigenvalue weighted by atomic mass is 32.2. The maximum atomic E-state index is 10.7. The van der Waals surface area contributed by atoms with Gasteiger partial charge in [0.25, 0.3) is 0 Å². The van der Waals surface area contributed by atoms with Crippen molar-refractivity contribution in [2.75, 3.05) is 6.26 Å². The molecule has 4 nitrogen and oxygen atoms in total. The molecule has 0 N–H and O–H groups in total. The average Bonchev–Trinajstić information content (AvgIpc) is 2.34. The molecule has 1 aromatic rings. The van der Waals surface area contributed by atoms with Gasteiger partial charge in [0.05, 0.1) is 0 Å². The molecule has 0 spiro atoms. The van der Waals surface area contributed by atoms with Crippen molar-refractivity contribution in [2.24, 2.45) is 0 Å². The number of hydrogen-bond donors (Lipinski definition) is 0. The quantitative estimate of drug-likeness (QED) is 0.562. The van der Waals surface area contributed by atoms with E-state index in [0.717, 1.165) is 0 Å². The van der Waals surface area contributed by atoms with Gasteiger partial charge < -0.3 is 0 Å². The lowest BCUT2D eigenvalue weighted by atomic mass is 10.5. The van der Waals surface area contributed by atoms with E-state index in [1.807, 2.05) is 0 Å². The Morgan fingerprint density at radius 3 is 2.80 bits per heavy atom. The van der Waals surface area contributed by atoms with E-state index in [0.29, 0.717) is 12.0 Å². The van der Waals surface area contributed by atoms with Crippen LogP contribution in [0.4, 0.5) is 0 Å². The zero-order chi connectivity index (χ0) is 7.56. The van der Waals surface area contributed by atoms with Crippen LogP contribution < -0.4 is 0 Å². The Morgan fingerprint density at radius 1 is 1.80 bits per heavy atom. The van der Waals surface area contributed by atoms with E-state index in [9.17, 15) is 9.00 Å². The summed E-state index contributed by atoms with van der Waals surface area (Å²) >= 11 is 0. The number of carbonyl (C=O) groups is 1. The Bertz CT molecular complexity index is 268. The maximum absolute atomic E-state index is 10.7. The van der Waals surface area contributed by atoms with E-state index in [2.05, 4.69) is 5.10 Å². The Morgan fingerprint density at radius 2 is 2.50 bits per heavy atom. The zero-order valence-corrected chi connectivity index (χ0v) is 6.17. The van der Waals surface area contributed by atoms with Gasteiger partial charge in [0, 0.05) is 12.5 Å². The minimum Gasteiger partial charge on any atom is -0.296 e. The van der Waals surface area contributed by atoms with Gasteiger partial charge in [-0.1, -0.05) is 0 Å². The second-order valence-electron chi connectivity index (χ2n) is 1.68. The van der Waals surface area contributed by atoms with E-state index < -0.39 is 11.0 Å². The van der Waals surface area contributed by atoms with Gasteiger partial charge in [-0.2, -0.15) is 9.19 Å². The number of nitrogens with zero attached hydrogens (tertiary/aromatic N) is 2. The van der Waals surface area contributed by atoms with Gasteiger partial charge in [0.2, 0.25) is 0 Å². The van der Waals surface area contributed by atoms with Crippen LogP contribution >= 0.6 is 0 Å². The van der Waals surface area contributed by atoms with Crippen molar-refractivity contribution in [3.63, 3.8) is 0 Å². The van der Waals surface area contributed by atoms with Crippen molar-refractivity contribution in [3.8, 4) is 0 Å². The van der Waals surface area contributed by atoms with Gasteiger partial charge in [-0.15, -0.1) is 0 Å². The summed E-state index contributed by atoms with van der Waals surface area (Å²) in [6.07, 6.45) is 3.60. The van der Waals surface area contributed by atoms with Gasteiger partial charge >= 0.3 is 0 Å². The Balaban J connectivity index is 2.98. The van der Waals surface area contributed by atoms with Crippen molar-refractivity contribution in [1.82, 2.24) is 9.19 Å². The SMILES string of the molecule is CS(=O)n1ccc(C=O)n1. The molecule has 1 heterocycles. The second kappa shape index (κ2) is 2.74. The first-order valence-corrected chi connectivity index (χ1v) is 4.10. The van der Waals surface area contributed by atoms with E-state index in [4.69, 9.17) is 0 Å². The van der Waals surface area contributed by atoms with Crippen LogP contribution in [0.25, 0.3) is 0 Å². The van der Waals surface area contributed by atoms with Crippen LogP contribution in [-0.4, -0.2) is 25.9 Å². The molecule has 0 aromatic carbocycles. The Hall–Kier alpha value is -0.970. The minimum atomic E-state index is -1.16. The molecule has 10 heavy (non-hydrogen) atoms. The number of aromatic nitrogens is 2. The summed E-state index contributed by atoms with van der Waals surface area (Å²) in [6, 6.07) is 1.51. The first kappa shape index (κ1) is 7.14. The first-order chi connectivity index (χ1) is 4.74. The molecule has 1 unspecified atom stereocenters. The van der Waals surface area contributed by atoms with Gasteiger partial charge in [-0.25, -0.2) is 4.21 Å². The van der Waals surface area contributed by atoms with E-state index >= 15 is 0 Å². The van der Waals surface area contributed by atoms with Gasteiger partial charge in [0.1, 0.15) is 16.7 Å². The van der Waals surface area contributed by atoms with E-state index in [1.54, 1.807) is 0 Å². The van der Waals surface area contributed by atoms with Gasteiger partial charge in [-0.3, -0.25) is 4.79 Å². The standard InChI is InChI=1S/C5H6N2O2S/c1-10(9)7-3-2-5(4-8)6-7/h2-4H,1H3. The zero-order valence-electron chi connectivity index (χ0n) is 5.35. The normalized spacial score (nSPS) is 12.9. The van der Waals surface area contributed by atoms with Crippen LogP contribution in [0.2, 0.25) is 0 Å². The van der Waals surface area contributed by atoms with Crippen molar-refractivity contribution in [2.45, 2.75) is 0 Å². The van der Waals surface area contributed by atoms with Crippen LogP contribution in [-0.2, 0) is 11.0 Å². The summed E-state index contributed by atoms with van der Waals surface area (Å²) in [5, 5.41) is 3.68. The van der Waals surface area contributed by atoms with Crippen molar-refractivity contribution >= 4 is 17.3 Å². The molecule has 0 saturated carbocycles. The summed E-state index contributed by atoms with van der Waals surface area (Å²) in [4.78, 5) is 10.1. The summed E-state index contributed by atoms with van der Waals surface area (Å²) in [5.41, 5.74) is 0.301. The molecule has 1 atom stereocenters. The largest absolute Gasteiger partial charge is 0.296 e. The highest BCUT2D eigenvalue weighted by molar-refractivity contribution is 7.82. The molecular weight excluding hydrogens is 152 g/mol. The third-order valence-electron chi connectivity index (χ3n) is 0.971. The van der Waals surface area contributed by atoms with E-state index in [-0.39, 0.29) is 0 Å². The molecule has 0 radical (unpaired) electrons. The molecular formula is C5H6N2O2S. The molecule has 0 aliphatic carbocycles. The molecule has 0 amide bonds. The lowest BCUT2D eigenvalue weighted by Crippen LogP contribution is -2.02. The van der Waals surface area contributed by atoms with Crippen molar-refractivity contribution in [1.29, 1.82) is 0 Å². The fourth-order valence-corrected chi connectivity index (χ4v) is 0.968. The molecule has 5 heteroatoms. The molecule has 0 aliphatic rings. The summed E-state index contributed by atoms with van der Waals surface area (Å²) in [7, 11) is -1.16. The number of hydrogen-bond acceptors (Lipinski definition) is 3. The molecule has 54 valence electrons. The molecule has 0 bridgehead atoms. The predicted molar refractivity (Wildman–Crippen MR) is 37.1 cm³/mol. The third kappa shape index (κ3) is 1.30. The van der Waals surface area contributed by atoms with Crippen LogP contribution in [0.15, 0.2) is 12.3 Å². The van der Waals surface area contributed by atoms with Crippen molar-refractivity contribution < 1.29 is 9.00 Å². The highest BCUT2D eigenvalue weighted by Gasteiger charge is 1.97. The van der Waals surface area contributed by atoms with Gasteiger partial charge in [0.15, 0.2) is 6.29 Å². The van der Waals surface area contributed by atoms with Crippen LogP contribution in [0.1, 0.15) is 10.5 Å². The number of aldehydes is 1. The maximum Gasteiger partial charge on any atom is 0.170 e. The fraction of sp³-hybridized carbons (Fsp3) is 0.200. The molecule has 0 aliphatic heterocycles. The fourth-order valence-electron chi connectivity index (χ4n) is 0.527. The van der Waals surface area contributed by atoms with E-state index in [1.165, 1.54) is 22.6 Å². The summed E-state index contributed by atoms with van der Waals surface area (Å²) in [6.45, 7) is 0. The predicted octanol–water partition coefficient (Wildman–Crippen LogP) is -0.163. The molecule has 1 aromatic heterocycles. The van der Waals surface area contributed by atoms with Crippen LogP contribution in [0.5, 0.6) is 0 Å². The van der Waals surface area contributed by atoms with Crippen molar-refractivity contribution in [3.05, 3.63) is 18.0 Å². The smallest absolute Gasteiger partial charge is 0.170 e. The number of rotatable bonds is 2. The molecule has 0 fully saturated rings. The average molecular weight is 158 g/mol. The molecule has 1 rings (SSSR count). The van der Waals surface area contributed by atoms with Crippen LogP contribution in [0.3, 0.4) is 0 Å². The Labute approximate surface area is 60.4 Å². The Kier molecular flexibility index (Phi) is 1.96. The topological polar surface area (TPSA) is 52.0 Å². The second-order valence-corrected chi connectivity index (χ2v) is 2.91. The monoisotopic (exact) mass is 158 g/mol. The summed E-state index contributed by atoms with van der Waals surface area (Å²) < 4.78 is 11.9. The van der Waals surface area contributed by atoms with Gasteiger partial charge in [-0.05, 0) is 6.07 Å². The first-order valence-electron chi connectivity index (χ1n) is 2.59.